The van der Waals surface area contributed by atoms with Crippen LogP contribution in [0.2, 0.25) is 5.28 Å². The monoisotopic (exact) mass is 711 g/mol. The first-order valence-electron chi connectivity index (χ1n) is 14.7. The zero-order chi connectivity index (χ0) is 29.3. The Morgan fingerprint density at radius 2 is 1.05 bits per heavy atom. The summed E-state index contributed by atoms with van der Waals surface area (Å²) in [7, 11) is 0. The number of nitrogens with two attached hydrogens (primary N) is 1. The Morgan fingerprint density at radius 3 is 1.52 bits per heavy atom. The van der Waals surface area contributed by atoms with Crippen molar-refractivity contribution in [1.82, 2.24) is 19.9 Å². The van der Waals surface area contributed by atoms with Gasteiger partial charge < -0.3 is 15.5 Å². The fraction of sp³-hybridized carbons (Fsp3) is 0.375. The van der Waals surface area contributed by atoms with E-state index in [-0.39, 0.29) is 5.28 Å². The van der Waals surface area contributed by atoms with Crippen LogP contribution in [0.1, 0.15) is 64.2 Å². The van der Waals surface area contributed by atoms with Crippen LogP contribution in [0.4, 0.5) is 29.0 Å². The molecule has 2 heterocycles. The highest BCUT2D eigenvalue weighted by Gasteiger charge is 2.27. The molecule has 4 aromatic rings. The van der Waals surface area contributed by atoms with E-state index in [4.69, 9.17) is 17.3 Å². The lowest BCUT2D eigenvalue weighted by Gasteiger charge is -2.35. The standard InChI is InChI=1S/C16H17BrClN3.C16H19BrN4/c2*17-14-11-19-16(18)20-15(14)21(12-7-3-1-4-8-12)13-9-5-2-6-10-13/h1,3-4,7-8,11,13H,2,5-6,9-10H2;1,3-4,7-8,11,13H,2,5-6,9-10H2,(H2,18,19,20). The topological polar surface area (TPSA) is 84.1 Å². The number of rotatable bonds is 6. The van der Waals surface area contributed by atoms with Crippen LogP contribution < -0.4 is 15.5 Å². The zero-order valence-corrected chi connectivity index (χ0v) is 27.5. The second-order valence-electron chi connectivity index (χ2n) is 10.7. The maximum Gasteiger partial charge on any atom is 0.224 e. The van der Waals surface area contributed by atoms with Gasteiger partial charge in [0.2, 0.25) is 11.2 Å². The minimum absolute atomic E-state index is 0.282. The van der Waals surface area contributed by atoms with E-state index in [1.807, 2.05) is 12.1 Å². The lowest BCUT2D eigenvalue weighted by molar-refractivity contribution is 0.434. The fourth-order valence-corrected chi connectivity index (χ4v) is 6.81. The Labute approximate surface area is 270 Å². The molecule has 0 aliphatic heterocycles. The lowest BCUT2D eigenvalue weighted by atomic mass is 9.93. The average molecular weight is 714 g/mol. The zero-order valence-electron chi connectivity index (χ0n) is 23.5. The molecule has 0 amide bonds. The van der Waals surface area contributed by atoms with Crippen molar-refractivity contribution in [2.45, 2.75) is 76.3 Å². The number of nitrogen functional groups attached to an aromatic ring is 1. The van der Waals surface area contributed by atoms with Crippen LogP contribution in [-0.4, -0.2) is 32.0 Å². The van der Waals surface area contributed by atoms with E-state index >= 15 is 0 Å². The number of para-hydroxylation sites is 2. The second-order valence-corrected chi connectivity index (χ2v) is 12.8. The minimum Gasteiger partial charge on any atom is -0.368 e. The molecule has 2 N–H and O–H groups in total. The third kappa shape index (κ3) is 7.79. The molecule has 0 atom stereocenters. The molecule has 2 saturated carbocycles. The van der Waals surface area contributed by atoms with Crippen LogP contribution in [0.5, 0.6) is 0 Å². The quantitative estimate of drug-likeness (QED) is 0.199. The maximum atomic E-state index is 6.02. The molecule has 0 saturated heterocycles. The first-order valence-corrected chi connectivity index (χ1v) is 16.6. The maximum absolute atomic E-state index is 6.02. The van der Waals surface area contributed by atoms with E-state index in [0.29, 0.717) is 18.0 Å². The molecule has 2 fully saturated rings. The molecule has 2 aromatic heterocycles. The van der Waals surface area contributed by atoms with Crippen LogP contribution in [0.3, 0.4) is 0 Å². The van der Waals surface area contributed by atoms with Crippen molar-refractivity contribution in [2.24, 2.45) is 0 Å². The van der Waals surface area contributed by atoms with Crippen molar-refractivity contribution in [2.75, 3.05) is 15.5 Å². The Hall–Kier alpha value is -2.75. The predicted molar refractivity (Wildman–Crippen MR) is 180 cm³/mol. The highest BCUT2D eigenvalue weighted by molar-refractivity contribution is 9.11. The number of hydrogen-bond acceptors (Lipinski definition) is 7. The second kappa shape index (κ2) is 15.1. The number of anilines is 5. The van der Waals surface area contributed by atoms with Gasteiger partial charge >= 0.3 is 0 Å². The molecule has 2 aromatic carbocycles. The van der Waals surface area contributed by atoms with Crippen LogP contribution in [-0.2, 0) is 0 Å². The van der Waals surface area contributed by atoms with Gasteiger partial charge in [-0.25, -0.2) is 9.97 Å². The number of benzene rings is 2. The average Bonchev–Trinajstić information content (AvgIpc) is 3.03. The third-order valence-electron chi connectivity index (χ3n) is 7.85. The molecular formula is C32H36Br2ClN7. The van der Waals surface area contributed by atoms with Crippen LogP contribution in [0.25, 0.3) is 0 Å². The summed E-state index contributed by atoms with van der Waals surface area (Å²) in [5, 5.41) is 0.282. The Balaban J connectivity index is 0.000000168. The molecule has 0 bridgehead atoms. The highest BCUT2D eigenvalue weighted by atomic mass is 79.9. The van der Waals surface area contributed by atoms with Gasteiger partial charge in [-0.3, -0.25) is 0 Å². The number of nitrogens with zero attached hydrogens (tertiary/aromatic N) is 6. The van der Waals surface area contributed by atoms with Crippen LogP contribution >= 0.6 is 43.5 Å². The van der Waals surface area contributed by atoms with E-state index < -0.39 is 0 Å². The smallest absolute Gasteiger partial charge is 0.224 e. The van der Waals surface area contributed by atoms with Crippen molar-refractivity contribution in [3.8, 4) is 0 Å². The van der Waals surface area contributed by atoms with Gasteiger partial charge in [0.1, 0.15) is 0 Å². The first kappa shape index (κ1) is 30.7. The van der Waals surface area contributed by atoms with Gasteiger partial charge in [-0.15, -0.1) is 0 Å². The largest absolute Gasteiger partial charge is 0.368 e. The molecule has 2 aliphatic rings. The Kier molecular flexibility index (Phi) is 11.1. The Morgan fingerprint density at radius 1 is 0.619 bits per heavy atom. The number of halogens is 3. The van der Waals surface area contributed by atoms with Gasteiger partial charge in [-0.1, -0.05) is 74.9 Å². The molecule has 10 heteroatoms. The summed E-state index contributed by atoms with van der Waals surface area (Å²) in [6.45, 7) is 0. The summed E-state index contributed by atoms with van der Waals surface area (Å²) in [5.41, 5.74) is 8.11. The third-order valence-corrected chi connectivity index (χ3v) is 9.15. The van der Waals surface area contributed by atoms with Crippen molar-refractivity contribution in [1.29, 1.82) is 0 Å². The van der Waals surface area contributed by atoms with Crippen LogP contribution in [0.15, 0.2) is 82.0 Å². The van der Waals surface area contributed by atoms with Crippen molar-refractivity contribution >= 4 is 72.4 Å². The predicted octanol–water partition coefficient (Wildman–Crippen LogP) is 9.66. The van der Waals surface area contributed by atoms with E-state index in [1.54, 1.807) is 12.4 Å². The Bertz CT molecular complexity index is 1310. The molecule has 0 radical (unpaired) electrons. The van der Waals surface area contributed by atoms with Gasteiger partial charge in [0.05, 0.1) is 8.95 Å². The van der Waals surface area contributed by atoms with Gasteiger partial charge in [0.15, 0.2) is 11.6 Å². The number of aromatic nitrogens is 4. The van der Waals surface area contributed by atoms with E-state index in [9.17, 15) is 0 Å². The fourth-order valence-electron chi connectivity index (χ4n) is 5.91. The van der Waals surface area contributed by atoms with Crippen molar-refractivity contribution in [3.05, 3.63) is 87.3 Å². The normalized spacial score (nSPS) is 15.9. The first-order chi connectivity index (χ1) is 20.5. The molecule has 220 valence electrons. The molecule has 7 nitrogen and oxygen atoms in total. The summed E-state index contributed by atoms with van der Waals surface area (Å²) in [6.07, 6.45) is 15.9. The van der Waals surface area contributed by atoms with Crippen molar-refractivity contribution in [3.63, 3.8) is 0 Å². The SMILES string of the molecule is Clc1ncc(Br)c(N(c2ccccc2)C2CCCCC2)n1.Nc1ncc(Br)c(N(c2ccccc2)C2CCCCC2)n1. The summed E-state index contributed by atoms with van der Waals surface area (Å²) in [4.78, 5) is 21.6. The van der Waals surface area contributed by atoms with Crippen LogP contribution in [0, 0.1) is 0 Å². The van der Waals surface area contributed by atoms with Gasteiger partial charge in [0, 0.05) is 35.9 Å². The summed E-state index contributed by atoms with van der Waals surface area (Å²) >= 11 is 13.2. The van der Waals surface area contributed by atoms with Crippen molar-refractivity contribution < 1.29 is 0 Å². The van der Waals surface area contributed by atoms with E-state index in [0.717, 1.165) is 32.0 Å². The summed E-state index contributed by atoms with van der Waals surface area (Å²) in [5.74, 6) is 2.03. The van der Waals surface area contributed by atoms with E-state index in [1.165, 1.54) is 64.2 Å². The molecule has 0 spiro atoms. The highest BCUT2D eigenvalue weighted by Crippen LogP contribution is 2.38. The molecule has 2 aliphatic carbocycles. The molecule has 42 heavy (non-hydrogen) atoms. The minimum atomic E-state index is 0.282. The molecule has 6 rings (SSSR count). The lowest BCUT2D eigenvalue weighted by Crippen LogP contribution is -2.34. The molecule has 0 unspecified atom stereocenters. The van der Waals surface area contributed by atoms with Gasteiger partial charge in [-0.2, -0.15) is 9.97 Å². The van der Waals surface area contributed by atoms with E-state index in [2.05, 4.69) is 110 Å². The summed E-state index contributed by atoms with van der Waals surface area (Å²) < 4.78 is 1.76. The number of hydrogen-bond donors (Lipinski definition) is 1. The summed E-state index contributed by atoms with van der Waals surface area (Å²) in [6, 6.07) is 21.7. The van der Waals surface area contributed by atoms with Gasteiger partial charge in [0.25, 0.3) is 0 Å². The molecular weight excluding hydrogens is 678 g/mol. The van der Waals surface area contributed by atoms with Gasteiger partial charge in [-0.05, 0) is 93.4 Å².